The van der Waals surface area contributed by atoms with Gasteiger partial charge in [0, 0.05) is 0 Å². The Balaban J connectivity index is 3.09. The molecule has 0 N–H and O–H groups in total. The van der Waals surface area contributed by atoms with E-state index in [1.165, 1.54) is 17.1 Å². The highest BCUT2D eigenvalue weighted by atomic mass is 35.5. The quantitative estimate of drug-likeness (QED) is 0.521. The van der Waals surface area contributed by atoms with Crippen LogP contribution < -0.4 is 0 Å². The van der Waals surface area contributed by atoms with Gasteiger partial charge in [-0.1, -0.05) is 11.6 Å². The molecular formula is C4H3ClN2O. The number of carbonyl (C=O) groups is 1. The Morgan fingerprint density at radius 3 is 2.88 bits per heavy atom. The van der Waals surface area contributed by atoms with Gasteiger partial charge in [0.1, 0.15) is 11.5 Å². The fourth-order valence-electron chi connectivity index (χ4n) is 0.366. The van der Waals surface area contributed by atoms with Gasteiger partial charge in [-0.2, -0.15) is 0 Å². The van der Waals surface area contributed by atoms with E-state index in [-0.39, 0.29) is 0 Å². The van der Waals surface area contributed by atoms with Gasteiger partial charge in [-0.3, -0.25) is 9.36 Å². The average molecular weight is 131 g/mol. The van der Waals surface area contributed by atoms with Gasteiger partial charge in [-0.25, -0.2) is 4.98 Å². The Morgan fingerprint density at radius 1 is 1.88 bits per heavy atom. The van der Waals surface area contributed by atoms with E-state index in [0.717, 1.165) is 0 Å². The van der Waals surface area contributed by atoms with E-state index in [4.69, 9.17) is 11.6 Å². The lowest BCUT2D eigenvalue weighted by Crippen LogP contribution is -1.89. The molecule has 0 saturated carbocycles. The van der Waals surface area contributed by atoms with E-state index in [2.05, 4.69) is 4.98 Å². The predicted octanol–water partition coefficient (Wildman–Crippen LogP) is 0.575. The smallest absolute Gasteiger partial charge is 0.220 e. The first-order valence-corrected chi connectivity index (χ1v) is 2.35. The Kier molecular flexibility index (Phi) is 1.30. The van der Waals surface area contributed by atoms with E-state index in [0.29, 0.717) is 11.6 Å². The third-order valence-corrected chi connectivity index (χ3v) is 1.03. The molecule has 1 aromatic rings. The SMILES string of the molecule is O=Cn1cncc1Cl. The molecule has 0 fully saturated rings. The van der Waals surface area contributed by atoms with Crippen molar-refractivity contribution < 1.29 is 4.79 Å². The molecule has 3 nitrogen and oxygen atoms in total. The maximum Gasteiger partial charge on any atom is 0.220 e. The zero-order valence-electron chi connectivity index (χ0n) is 3.91. The standard InChI is InChI=1S/C4H3ClN2O/c5-4-1-6-2-7(4)3-8/h1-3H. The predicted molar refractivity (Wildman–Crippen MR) is 29.4 cm³/mol. The molecule has 0 aliphatic carbocycles. The van der Waals surface area contributed by atoms with Crippen LogP contribution in [0.5, 0.6) is 0 Å². The minimum absolute atomic E-state index is 0.333. The molecule has 42 valence electrons. The van der Waals surface area contributed by atoms with Crippen LogP contribution in [0.2, 0.25) is 5.15 Å². The van der Waals surface area contributed by atoms with Crippen LogP contribution in [0.1, 0.15) is 0 Å². The summed E-state index contributed by atoms with van der Waals surface area (Å²) in [5.74, 6) is 0. The summed E-state index contributed by atoms with van der Waals surface area (Å²) in [6.45, 7) is 0. The molecule has 4 heteroatoms. The van der Waals surface area contributed by atoms with Crippen molar-refractivity contribution in [3.05, 3.63) is 17.7 Å². The zero-order valence-corrected chi connectivity index (χ0v) is 4.67. The van der Waals surface area contributed by atoms with Crippen molar-refractivity contribution in [1.29, 1.82) is 0 Å². The number of carbonyl (C=O) groups excluding carboxylic acids is 1. The maximum atomic E-state index is 9.93. The van der Waals surface area contributed by atoms with E-state index >= 15 is 0 Å². The molecule has 0 aliphatic heterocycles. The second kappa shape index (κ2) is 1.96. The highest BCUT2D eigenvalue weighted by molar-refractivity contribution is 6.30. The largest absolute Gasteiger partial charge is 0.278 e. The van der Waals surface area contributed by atoms with Gasteiger partial charge in [0.2, 0.25) is 6.41 Å². The molecule has 0 spiro atoms. The number of nitrogens with zero attached hydrogens (tertiary/aromatic N) is 2. The van der Waals surface area contributed by atoms with Crippen LogP contribution in [-0.2, 0) is 4.79 Å². The van der Waals surface area contributed by atoms with Crippen molar-refractivity contribution >= 4 is 18.0 Å². The van der Waals surface area contributed by atoms with Crippen molar-refractivity contribution in [2.24, 2.45) is 0 Å². The molecule has 0 aliphatic rings. The van der Waals surface area contributed by atoms with Gasteiger partial charge in [0.05, 0.1) is 6.20 Å². The molecule has 0 radical (unpaired) electrons. The van der Waals surface area contributed by atoms with Crippen molar-refractivity contribution in [2.45, 2.75) is 0 Å². The lowest BCUT2D eigenvalue weighted by Gasteiger charge is -1.83. The number of hydrogen-bond donors (Lipinski definition) is 0. The second-order valence-corrected chi connectivity index (χ2v) is 1.62. The molecule has 0 atom stereocenters. The Morgan fingerprint density at radius 2 is 2.62 bits per heavy atom. The minimum Gasteiger partial charge on any atom is -0.278 e. The fourth-order valence-corrected chi connectivity index (χ4v) is 0.506. The molecule has 0 amide bonds. The molecule has 1 heterocycles. The Hall–Kier alpha value is -0.830. The van der Waals surface area contributed by atoms with Crippen LogP contribution in [0.3, 0.4) is 0 Å². The summed E-state index contributed by atoms with van der Waals surface area (Å²) < 4.78 is 1.18. The van der Waals surface area contributed by atoms with Crippen LogP contribution in [0.4, 0.5) is 0 Å². The van der Waals surface area contributed by atoms with Gasteiger partial charge in [-0.05, 0) is 0 Å². The summed E-state index contributed by atoms with van der Waals surface area (Å²) in [6, 6.07) is 0. The van der Waals surface area contributed by atoms with Crippen molar-refractivity contribution in [3.8, 4) is 0 Å². The lowest BCUT2D eigenvalue weighted by molar-refractivity contribution is 0.547. The summed E-state index contributed by atoms with van der Waals surface area (Å²) in [6.07, 6.45) is 3.33. The van der Waals surface area contributed by atoms with Crippen LogP contribution >= 0.6 is 11.6 Å². The van der Waals surface area contributed by atoms with E-state index in [1.54, 1.807) is 0 Å². The van der Waals surface area contributed by atoms with Crippen molar-refractivity contribution in [3.63, 3.8) is 0 Å². The average Bonchev–Trinajstić information content (AvgIpc) is 2.14. The van der Waals surface area contributed by atoms with Crippen LogP contribution in [-0.4, -0.2) is 16.0 Å². The summed E-state index contributed by atoms with van der Waals surface area (Å²) >= 11 is 5.41. The monoisotopic (exact) mass is 130 g/mol. The second-order valence-electron chi connectivity index (χ2n) is 1.23. The summed E-state index contributed by atoms with van der Waals surface area (Å²) in [5.41, 5.74) is 0. The number of rotatable bonds is 1. The molecule has 1 aromatic heterocycles. The Labute approximate surface area is 50.9 Å². The van der Waals surface area contributed by atoms with Crippen LogP contribution in [0, 0.1) is 0 Å². The molecule has 8 heavy (non-hydrogen) atoms. The van der Waals surface area contributed by atoms with Crippen molar-refractivity contribution in [1.82, 2.24) is 9.55 Å². The normalized spacial score (nSPS) is 9.12. The summed E-state index contributed by atoms with van der Waals surface area (Å²) in [7, 11) is 0. The minimum atomic E-state index is 0.333. The molecule has 0 bridgehead atoms. The van der Waals surface area contributed by atoms with Crippen LogP contribution in [0.25, 0.3) is 0 Å². The molecule has 0 aromatic carbocycles. The summed E-state index contributed by atoms with van der Waals surface area (Å²) in [5, 5.41) is 0.333. The fraction of sp³-hybridized carbons (Fsp3) is 0. The van der Waals surface area contributed by atoms with E-state index in [9.17, 15) is 4.79 Å². The first kappa shape index (κ1) is 5.31. The lowest BCUT2D eigenvalue weighted by atomic mass is 10.9. The molecule has 1 rings (SSSR count). The maximum absolute atomic E-state index is 9.93. The van der Waals surface area contributed by atoms with Gasteiger partial charge >= 0.3 is 0 Å². The number of imidazole rings is 1. The van der Waals surface area contributed by atoms with Gasteiger partial charge in [0.25, 0.3) is 0 Å². The topological polar surface area (TPSA) is 34.9 Å². The highest BCUT2D eigenvalue weighted by Gasteiger charge is 1.91. The summed E-state index contributed by atoms with van der Waals surface area (Å²) in [4.78, 5) is 13.5. The molecule has 0 saturated heterocycles. The third-order valence-electron chi connectivity index (χ3n) is 0.732. The van der Waals surface area contributed by atoms with Gasteiger partial charge in [0.15, 0.2) is 0 Å². The zero-order chi connectivity index (χ0) is 5.98. The van der Waals surface area contributed by atoms with Crippen molar-refractivity contribution in [2.75, 3.05) is 0 Å². The highest BCUT2D eigenvalue weighted by Crippen LogP contribution is 2.01. The van der Waals surface area contributed by atoms with E-state index < -0.39 is 0 Å². The third kappa shape index (κ3) is 0.721. The first-order chi connectivity index (χ1) is 3.84. The van der Waals surface area contributed by atoms with Crippen LogP contribution in [0.15, 0.2) is 12.5 Å². The molecule has 0 unspecified atom stereocenters. The first-order valence-electron chi connectivity index (χ1n) is 1.97. The molecular weight excluding hydrogens is 128 g/mol. The number of hydrogen-bond acceptors (Lipinski definition) is 2. The number of aromatic nitrogens is 2. The van der Waals surface area contributed by atoms with Gasteiger partial charge < -0.3 is 0 Å². The number of halogens is 1. The van der Waals surface area contributed by atoms with E-state index in [1.807, 2.05) is 0 Å². The van der Waals surface area contributed by atoms with Gasteiger partial charge in [-0.15, -0.1) is 0 Å². The Bertz CT molecular complexity index is 196.